The standard InChI is InChI=1S/C12H14N2O2/c1-8(2)14-11-5-9(7-15)3-4-10(11)12(16)6-13-14/h3-6,8,15H,7H2,1-2H3. The summed E-state index contributed by atoms with van der Waals surface area (Å²) in [6.45, 7) is 3.97. The summed E-state index contributed by atoms with van der Waals surface area (Å²) in [7, 11) is 0. The van der Waals surface area contributed by atoms with E-state index in [1.807, 2.05) is 19.9 Å². The molecule has 0 amide bonds. The predicted octanol–water partition coefficient (Wildman–Crippen LogP) is 1.47. The molecule has 4 nitrogen and oxygen atoms in total. The quantitative estimate of drug-likeness (QED) is 0.830. The topological polar surface area (TPSA) is 55.1 Å². The Bertz CT molecular complexity index is 573. The molecule has 0 saturated heterocycles. The van der Waals surface area contributed by atoms with E-state index in [1.54, 1.807) is 16.8 Å². The van der Waals surface area contributed by atoms with Crippen LogP contribution in [0.1, 0.15) is 25.5 Å². The van der Waals surface area contributed by atoms with Gasteiger partial charge in [-0.15, -0.1) is 0 Å². The van der Waals surface area contributed by atoms with Crippen LogP contribution >= 0.6 is 0 Å². The average molecular weight is 218 g/mol. The highest BCUT2D eigenvalue weighted by Gasteiger charge is 2.07. The van der Waals surface area contributed by atoms with Gasteiger partial charge >= 0.3 is 0 Å². The maximum atomic E-state index is 11.6. The van der Waals surface area contributed by atoms with E-state index in [9.17, 15) is 4.79 Å². The Morgan fingerprint density at radius 2 is 2.19 bits per heavy atom. The summed E-state index contributed by atoms with van der Waals surface area (Å²) < 4.78 is 1.79. The summed E-state index contributed by atoms with van der Waals surface area (Å²) in [4.78, 5) is 11.6. The van der Waals surface area contributed by atoms with Gasteiger partial charge in [-0.05, 0) is 31.5 Å². The zero-order valence-electron chi connectivity index (χ0n) is 9.34. The van der Waals surface area contributed by atoms with Gasteiger partial charge in [0.2, 0.25) is 5.43 Å². The summed E-state index contributed by atoms with van der Waals surface area (Å²) in [6.07, 6.45) is 1.33. The van der Waals surface area contributed by atoms with Gasteiger partial charge in [0, 0.05) is 11.4 Å². The Balaban J connectivity index is 2.83. The fourth-order valence-corrected chi connectivity index (χ4v) is 1.73. The molecule has 0 atom stereocenters. The van der Waals surface area contributed by atoms with Gasteiger partial charge in [0.15, 0.2) is 0 Å². The number of nitrogens with zero attached hydrogens (tertiary/aromatic N) is 2. The highest BCUT2D eigenvalue weighted by molar-refractivity contribution is 5.79. The van der Waals surface area contributed by atoms with E-state index in [2.05, 4.69) is 5.10 Å². The summed E-state index contributed by atoms with van der Waals surface area (Å²) in [6, 6.07) is 5.49. The van der Waals surface area contributed by atoms with E-state index < -0.39 is 0 Å². The molecule has 1 aromatic heterocycles. The van der Waals surface area contributed by atoms with Crippen LogP contribution in [0.15, 0.2) is 29.2 Å². The van der Waals surface area contributed by atoms with Gasteiger partial charge in [-0.1, -0.05) is 6.07 Å². The SMILES string of the molecule is CC(C)n1ncc(=O)c2ccc(CO)cc21. The van der Waals surface area contributed by atoms with Gasteiger partial charge in [0.1, 0.15) is 0 Å². The molecule has 2 rings (SSSR count). The van der Waals surface area contributed by atoms with Crippen LogP contribution < -0.4 is 5.43 Å². The molecule has 16 heavy (non-hydrogen) atoms. The Morgan fingerprint density at radius 3 is 2.81 bits per heavy atom. The van der Waals surface area contributed by atoms with Gasteiger partial charge in [0.25, 0.3) is 0 Å². The van der Waals surface area contributed by atoms with Crippen LogP contribution in [0, 0.1) is 0 Å². The van der Waals surface area contributed by atoms with E-state index in [0.29, 0.717) is 5.39 Å². The lowest BCUT2D eigenvalue weighted by Crippen LogP contribution is -2.14. The molecule has 1 aromatic carbocycles. The fourth-order valence-electron chi connectivity index (χ4n) is 1.73. The van der Waals surface area contributed by atoms with Gasteiger partial charge in [-0.3, -0.25) is 9.48 Å². The zero-order valence-corrected chi connectivity index (χ0v) is 9.34. The molecule has 0 fully saturated rings. The lowest BCUT2D eigenvalue weighted by molar-refractivity contribution is 0.282. The van der Waals surface area contributed by atoms with Crippen LogP contribution in [0.3, 0.4) is 0 Å². The van der Waals surface area contributed by atoms with E-state index in [4.69, 9.17) is 5.11 Å². The summed E-state index contributed by atoms with van der Waals surface area (Å²) in [5, 5.41) is 13.8. The number of fused-ring (bicyclic) bond motifs is 1. The highest BCUT2D eigenvalue weighted by atomic mass is 16.3. The number of rotatable bonds is 2. The van der Waals surface area contributed by atoms with Crippen LogP contribution in [0.2, 0.25) is 0 Å². The second-order valence-corrected chi connectivity index (χ2v) is 4.06. The van der Waals surface area contributed by atoms with Crippen molar-refractivity contribution in [3.8, 4) is 0 Å². The monoisotopic (exact) mass is 218 g/mol. The molecule has 0 unspecified atom stereocenters. The Kier molecular flexibility index (Phi) is 2.75. The molecule has 0 aliphatic heterocycles. The van der Waals surface area contributed by atoms with Crippen molar-refractivity contribution in [2.45, 2.75) is 26.5 Å². The van der Waals surface area contributed by atoms with Gasteiger partial charge in [-0.2, -0.15) is 5.10 Å². The maximum Gasteiger partial charge on any atom is 0.207 e. The van der Waals surface area contributed by atoms with Gasteiger partial charge in [0.05, 0.1) is 18.3 Å². The first-order valence-electron chi connectivity index (χ1n) is 5.25. The Labute approximate surface area is 93.1 Å². The van der Waals surface area contributed by atoms with Crippen molar-refractivity contribution in [1.29, 1.82) is 0 Å². The van der Waals surface area contributed by atoms with Crippen molar-refractivity contribution in [2.75, 3.05) is 0 Å². The smallest absolute Gasteiger partial charge is 0.207 e. The number of hydrogen-bond acceptors (Lipinski definition) is 3. The molecule has 4 heteroatoms. The molecular formula is C12H14N2O2. The van der Waals surface area contributed by atoms with Crippen LogP contribution in [-0.2, 0) is 6.61 Å². The largest absolute Gasteiger partial charge is 0.392 e. The maximum absolute atomic E-state index is 11.6. The molecule has 0 spiro atoms. The van der Waals surface area contributed by atoms with Crippen molar-refractivity contribution in [3.63, 3.8) is 0 Å². The van der Waals surface area contributed by atoms with Crippen molar-refractivity contribution >= 4 is 10.9 Å². The first kappa shape index (κ1) is 10.8. The molecule has 1 N–H and O–H groups in total. The van der Waals surface area contributed by atoms with Crippen LogP contribution in [0.4, 0.5) is 0 Å². The molecule has 0 saturated carbocycles. The second kappa shape index (κ2) is 4.06. The summed E-state index contributed by atoms with van der Waals surface area (Å²) in [5.74, 6) is 0. The molecule has 84 valence electrons. The lowest BCUT2D eigenvalue weighted by atomic mass is 10.1. The van der Waals surface area contributed by atoms with Crippen LogP contribution in [0.25, 0.3) is 10.9 Å². The molecular weight excluding hydrogens is 204 g/mol. The third kappa shape index (κ3) is 1.72. The lowest BCUT2D eigenvalue weighted by Gasteiger charge is -2.13. The summed E-state index contributed by atoms with van der Waals surface area (Å²) >= 11 is 0. The third-order valence-electron chi connectivity index (χ3n) is 2.55. The molecule has 2 aromatic rings. The number of aliphatic hydroxyl groups excluding tert-OH is 1. The first-order valence-corrected chi connectivity index (χ1v) is 5.25. The Morgan fingerprint density at radius 1 is 1.44 bits per heavy atom. The van der Waals surface area contributed by atoms with Gasteiger partial charge in [-0.25, -0.2) is 0 Å². The van der Waals surface area contributed by atoms with E-state index in [0.717, 1.165) is 11.1 Å². The van der Waals surface area contributed by atoms with E-state index in [1.165, 1.54) is 6.20 Å². The second-order valence-electron chi connectivity index (χ2n) is 4.06. The fraction of sp³-hybridized carbons (Fsp3) is 0.333. The van der Waals surface area contributed by atoms with E-state index in [-0.39, 0.29) is 18.1 Å². The molecule has 0 bridgehead atoms. The highest BCUT2D eigenvalue weighted by Crippen LogP contribution is 2.15. The number of benzene rings is 1. The zero-order chi connectivity index (χ0) is 11.7. The molecule has 0 aliphatic carbocycles. The predicted molar refractivity (Wildman–Crippen MR) is 62.3 cm³/mol. The number of aromatic nitrogens is 2. The molecule has 0 radical (unpaired) electrons. The normalized spacial score (nSPS) is 11.2. The molecule has 0 aliphatic rings. The Hall–Kier alpha value is -1.68. The first-order chi connectivity index (χ1) is 7.63. The molecule has 1 heterocycles. The van der Waals surface area contributed by atoms with Crippen molar-refractivity contribution in [3.05, 3.63) is 40.2 Å². The minimum Gasteiger partial charge on any atom is -0.392 e. The van der Waals surface area contributed by atoms with Crippen LogP contribution in [0.5, 0.6) is 0 Å². The van der Waals surface area contributed by atoms with E-state index >= 15 is 0 Å². The number of aliphatic hydroxyl groups is 1. The average Bonchev–Trinajstić information content (AvgIpc) is 2.28. The van der Waals surface area contributed by atoms with Gasteiger partial charge < -0.3 is 5.11 Å². The summed E-state index contributed by atoms with van der Waals surface area (Å²) in [5.41, 5.74) is 1.47. The van der Waals surface area contributed by atoms with Crippen molar-refractivity contribution < 1.29 is 5.11 Å². The third-order valence-corrected chi connectivity index (χ3v) is 2.55. The van der Waals surface area contributed by atoms with Crippen molar-refractivity contribution in [1.82, 2.24) is 9.78 Å². The van der Waals surface area contributed by atoms with Crippen molar-refractivity contribution in [2.24, 2.45) is 0 Å². The minimum atomic E-state index is -0.0867. The number of hydrogen-bond donors (Lipinski definition) is 1. The van der Waals surface area contributed by atoms with Crippen LogP contribution in [-0.4, -0.2) is 14.9 Å². The minimum absolute atomic E-state index is 0.0306.